The second-order valence-corrected chi connectivity index (χ2v) is 4.37. The van der Waals surface area contributed by atoms with Crippen molar-refractivity contribution in [2.75, 3.05) is 13.2 Å². The first-order valence-corrected chi connectivity index (χ1v) is 6.64. The van der Waals surface area contributed by atoms with Crippen LogP contribution in [0.5, 0.6) is 5.75 Å². The molecule has 0 bridgehead atoms. The fourth-order valence-corrected chi connectivity index (χ4v) is 1.59. The zero-order chi connectivity index (χ0) is 15.8. The standard InChI is InChI=1S/C16H15N3O3/c1-12-6-7-13(11-19-12)22-10-3-2-8-17-15(20)14-5-4-9-18-16(14)21/h4-7,9,11H,8,10H2,1H3,(H,17,20)(H,18,21). The quantitative estimate of drug-likeness (QED) is 0.821. The van der Waals surface area contributed by atoms with Crippen LogP contribution in [0.2, 0.25) is 0 Å². The average Bonchev–Trinajstić information content (AvgIpc) is 2.52. The van der Waals surface area contributed by atoms with Crippen LogP contribution >= 0.6 is 0 Å². The SMILES string of the molecule is Cc1ccc(OCC#CCNC(=O)c2ccc[nH]c2=O)cn1. The van der Waals surface area contributed by atoms with Gasteiger partial charge in [0.25, 0.3) is 11.5 Å². The molecule has 6 nitrogen and oxygen atoms in total. The molecule has 0 radical (unpaired) electrons. The van der Waals surface area contributed by atoms with Crippen LogP contribution in [0.1, 0.15) is 16.1 Å². The highest BCUT2D eigenvalue weighted by Gasteiger charge is 2.07. The maximum Gasteiger partial charge on any atom is 0.260 e. The molecule has 0 saturated carbocycles. The van der Waals surface area contributed by atoms with Crippen molar-refractivity contribution < 1.29 is 9.53 Å². The third kappa shape index (κ3) is 4.49. The number of H-pyrrole nitrogens is 1. The van der Waals surface area contributed by atoms with E-state index in [-0.39, 0.29) is 18.7 Å². The van der Waals surface area contributed by atoms with Crippen LogP contribution in [0.3, 0.4) is 0 Å². The first-order valence-electron chi connectivity index (χ1n) is 6.64. The summed E-state index contributed by atoms with van der Waals surface area (Å²) in [6.07, 6.45) is 3.09. The van der Waals surface area contributed by atoms with Crippen molar-refractivity contribution in [3.63, 3.8) is 0 Å². The zero-order valence-corrected chi connectivity index (χ0v) is 12.1. The summed E-state index contributed by atoms with van der Waals surface area (Å²) in [7, 11) is 0. The Kier molecular flexibility index (Phi) is 5.32. The highest BCUT2D eigenvalue weighted by Crippen LogP contribution is 2.07. The number of carbonyl (C=O) groups is 1. The number of aryl methyl sites for hydroxylation is 1. The Morgan fingerprint density at radius 2 is 2.23 bits per heavy atom. The van der Waals surface area contributed by atoms with E-state index in [1.54, 1.807) is 12.3 Å². The Bertz CT molecular complexity index is 754. The number of nitrogens with one attached hydrogen (secondary N) is 2. The van der Waals surface area contributed by atoms with Crippen molar-refractivity contribution in [1.29, 1.82) is 0 Å². The molecular weight excluding hydrogens is 282 g/mol. The van der Waals surface area contributed by atoms with Crippen LogP contribution in [-0.4, -0.2) is 29.0 Å². The molecule has 0 aliphatic rings. The van der Waals surface area contributed by atoms with Gasteiger partial charge in [-0.15, -0.1) is 0 Å². The zero-order valence-electron chi connectivity index (χ0n) is 12.1. The number of pyridine rings is 2. The van der Waals surface area contributed by atoms with Crippen LogP contribution < -0.4 is 15.6 Å². The summed E-state index contributed by atoms with van der Waals surface area (Å²) in [5.41, 5.74) is 0.548. The molecule has 0 spiro atoms. The van der Waals surface area contributed by atoms with Gasteiger partial charge >= 0.3 is 0 Å². The van der Waals surface area contributed by atoms with Gasteiger partial charge < -0.3 is 15.0 Å². The largest absolute Gasteiger partial charge is 0.479 e. The minimum Gasteiger partial charge on any atom is -0.479 e. The van der Waals surface area contributed by atoms with E-state index in [0.29, 0.717) is 5.75 Å². The topological polar surface area (TPSA) is 84.1 Å². The van der Waals surface area contributed by atoms with E-state index in [2.05, 4.69) is 27.1 Å². The molecule has 6 heteroatoms. The number of aromatic nitrogens is 2. The van der Waals surface area contributed by atoms with E-state index in [1.807, 2.05) is 19.1 Å². The van der Waals surface area contributed by atoms with Gasteiger partial charge in [-0.3, -0.25) is 14.6 Å². The normalized spacial score (nSPS) is 9.50. The van der Waals surface area contributed by atoms with Gasteiger partial charge in [0.1, 0.15) is 17.9 Å². The molecular formula is C16H15N3O3. The molecule has 2 aromatic heterocycles. The van der Waals surface area contributed by atoms with Crippen molar-refractivity contribution in [2.45, 2.75) is 6.92 Å². The van der Waals surface area contributed by atoms with E-state index in [9.17, 15) is 9.59 Å². The Morgan fingerprint density at radius 3 is 2.95 bits per heavy atom. The van der Waals surface area contributed by atoms with E-state index in [1.165, 1.54) is 12.3 Å². The molecule has 0 aliphatic carbocycles. The molecule has 0 atom stereocenters. The van der Waals surface area contributed by atoms with Gasteiger partial charge in [0.2, 0.25) is 0 Å². The van der Waals surface area contributed by atoms with Crippen molar-refractivity contribution >= 4 is 5.91 Å². The fourth-order valence-electron chi connectivity index (χ4n) is 1.59. The maximum absolute atomic E-state index is 11.7. The number of carbonyl (C=O) groups excluding carboxylic acids is 1. The van der Waals surface area contributed by atoms with E-state index >= 15 is 0 Å². The van der Waals surface area contributed by atoms with Crippen molar-refractivity contribution in [2.24, 2.45) is 0 Å². The predicted molar refractivity (Wildman–Crippen MR) is 81.6 cm³/mol. The molecule has 1 amide bonds. The van der Waals surface area contributed by atoms with Crippen LogP contribution in [0.4, 0.5) is 0 Å². The third-order valence-corrected chi connectivity index (χ3v) is 2.72. The lowest BCUT2D eigenvalue weighted by Gasteiger charge is -2.01. The summed E-state index contributed by atoms with van der Waals surface area (Å²) in [4.78, 5) is 29.6. The Labute approximate surface area is 127 Å². The van der Waals surface area contributed by atoms with Gasteiger partial charge in [-0.05, 0) is 31.2 Å². The lowest BCUT2D eigenvalue weighted by atomic mass is 10.2. The van der Waals surface area contributed by atoms with E-state index in [4.69, 9.17) is 4.74 Å². The molecule has 2 heterocycles. The predicted octanol–water partition coefficient (Wildman–Crippen LogP) is 0.891. The van der Waals surface area contributed by atoms with Gasteiger partial charge in [0.05, 0.1) is 12.7 Å². The lowest BCUT2D eigenvalue weighted by Crippen LogP contribution is -2.29. The number of aromatic amines is 1. The van der Waals surface area contributed by atoms with Gasteiger partial charge in [-0.1, -0.05) is 11.8 Å². The monoisotopic (exact) mass is 297 g/mol. The molecule has 22 heavy (non-hydrogen) atoms. The molecule has 2 N–H and O–H groups in total. The van der Waals surface area contributed by atoms with Crippen LogP contribution in [0, 0.1) is 18.8 Å². The molecule has 2 aromatic rings. The second-order valence-electron chi connectivity index (χ2n) is 4.37. The number of nitrogens with zero attached hydrogens (tertiary/aromatic N) is 1. The summed E-state index contributed by atoms with van der Waals surface area (Å²) in [5, 5.41) is 2.55. The fraction of sp³-hybridized carbons (Fsp3) is 0.188. The van der Waals surface area contributed by atoms with Gasteiger partial charge in [-0.25, -0.2) is 0 Å². The van der Waals surface area contributed by atoms with E-state index < -0.39 is 11.5 Å². The summed E-state index contributed by atoms with van der Waals surface area (Å²) in [5.74, 6) is 5.70. The molecule has 2 rings (SSSR count). The highest BCUT2D eigenvalue weighted by molar-refractivity contribution is 5.93. The van der Waals surface area contributed by atoms with Crippen molar-refractivity contribution in [3.05, 3.63) is 58.3 Å². The third-order valence-electron chi connectivity index (χ3n) is 2.72. The maximum atomic E-state index is 11.7. The van der Waals surface area contributed by atoms with Crippen molar-refractivity contribution in [3.8, 4) is 17.6 Å². The van der Waals surface area contributed by atoms with Crippen LogP contribution in [0.15, 0.2) is 41.5 Å². The molecule has 0 aliphatic heterocycles. The summed E-state index contributed by atoms with van der Waals surface area (Å²) < 4.78 is 5.37. The number of rotatable bonds is 4. The van der Waals surface area contributed by atoms with Gasteiger partial charge in [-0.2, -0.15) is 0 Å². The molecule has 0 unspecified atom stereocenters. The molecule has 0 fully saturated rings. The smallest absolute Gasteiger partial charge is 0.260 e. The second kappa shape index (κ2) is 7.64. The Morgan fingerprint density at radius 1 is 1.36 bits per heavy atom. The molecule has 0 saturated heterocycles. The first-order chi connectivity index (χ1) is 10.7. The van der Waals surface area contributed by atoms with Crippen molar-refractivity contribution in [1.82, 2.24) is 15.3 Å². The molecule has 112 valence electrons. The summed E-state index contributed by atoms with van der Waals surface area (Å²) in [6, 6.07) is 6.70. The summed E-state index contributed by atoms with van der Waals surface area (Å²) in [6.45, 7) is 2.24. The number of hydrogen-bond acceptors (Lipinski definition) is 4. The van der Waals surface area contributed by atoms with Crippen LogP contribution in [0.25, 0.3) is 0 Å². The van der Waals surface area contributed by atoms with Crippen LogP contribution in [-0.2, 0) is 0 Å². The first kappa shape index (κ1) is 15.3. The number of ether oxygens (including phenoxy) is 1. The lowest BCUT2D eigenvalue weighted by molar-refractivity contribution is 0.0957. The van der Waals surface area contributed by atoms with E-state index in [0.717, 1.165) is 5.69 Å². The Hall–Kier alpha value is -3.07. The highest BCUT2D eigenvalue weighted by atomic mass is 16.5. The van der Waals surface area contributed by atoms with Gasteiger partial charge in [0, 0.05) is 11.9 Å². The van der Waals surface area contributed by atoms with Gasteiger partial charge in [0.15, 0.2) is 0 Å². The number of hydrogen-bond donors (Lipinski definition) is 2. The Balaban J connectivity index is 1.75. The molecule has 0 aromatic carbocycles. The summed E-state index contributed by atoms with van der Waals surface area (Å²) >= 11 is 0. The number of amides is 1. The average molecular weight is 297 g/mol. The minimum absolute atomic E-state index is 0.0614. The minimum atomic E-state index is -0.459.